The van der Waals surface area contributed by atoms with E-state index >= 15 is 0 Å². The lowest BCUT2D eigenvalue weighted by Gasteiger charge is -2.15. The molecular formula is C11H13NO4. The molecule has 1 aromatic heterocycles. The van der Waals surface area contributed by atoms with Gasteiger partial charge in [0.05, 0.1) is 5.69 Å². The van der Waals surface area contributed by atoms with Gasteiger partial charge in [-0.1, -0.05) is 6.07 Å². The maximum atomic E-state index is 10.9. The van der Waals surface area contributed by atoms with Crippen LogP contribution in [0, 0.1) is 0 Å². The Bertz CT molecular complexity index is 364. The van der Waals surface area contributed by atoms with E-state index in [-0.39, 0.29) is 6.61 Å². The van der Waals surface area contributed by atoms with Crippen molar-refractivity contribution in [2.24, 2.45) is 0 Å². The molecule has 0 aliphatic heterocycles. The normalized spacial score (nSPS) is 11.6. The Morgan fingerprint density at radius 3 is 2.56 bits per heavy atom. The summed E-state index contributed by atoms with van der Waals surface area (Å²) >= 11 is 0. The Labute approximate surface area is 93.4 Å². The van der Waals surface area contributed by atoms with Crippen molar-refractivity contribution in [1.29, 1.82) is 0 Å². The quantitative estimate of drug-likeness (QED) is 0.719. The highest BCUT2D eigenvalue weighted by Gasteiger charge is 2.17. The number of nitrogens with zero attached hydrogens (tertiary/aromatic N) is 1. The van der Waals surface area contributed by atoms with Gasteiger partial charge in [0.2, 0.25) is 0 Å². The van der Waals surface area contributed by atoms with E-state index in [9.17, 15) is 9.59 Å². The summed E-state index contributed by atoms with van der Waals surface area (Å²) in [4.78, 5) is 25.6. The van der Waals surface area contributed by atoms with Crippen molar-refractivity contribution in [3.8, 4) is 0 Å². The number of hydrogen-bond acceptors (Lipinski definition) is 5. The Morgan fingerprint density at radius 2 is 2.06 bits per heavy atom. The van der Waals surface area contributed by atoms with Crippen LogP contribution in [-0.4, -0.2) is 23.5 Å². The largest absolute Gasteiger partial charge is 0.461 e. The van der Waals surface area contributed by atoms with Gasteiger partial charge in [0.15, 0.2) is 6.10 Å². The second kappa shape index (κ2) is 5.85. The highest BCUT2D eigenvalue weighted by Crippen LogP contribution is 2.15. The van der Waals surface area contributed by atoms with Gasteiger partial charge in [-0.2, -0.15) is 0 Å². The third-order valence-corrected chi connectivity index (χ3v) is 1.76. The van der Waals surface area contributed by atoms with Crippen molar-refractivity contribution in [3.05, 3.63) is 30.1 Å². The van der Waals surface area contributed by atoms with E-state index in [1.807, 2.05) is 0 Å². The topological polar surface area (TPSA) is 65.5 Å². The van der Waals surface area contributed by atoms with Gasteiger partial charge < -0.3 is 9.47 Å². The van der Waals surface area contributed by atoms with Gasteiger partial charge in [0, 0.05) is 20.0 Å². The van der Waals surface area contributed by atoms with E-state index in [1.165, 1.54) is 13.8 Å². The van der Waals surface area contributed by atoms with E-state index in [2.05, 4.69) is 4.98 Å². The van der Waals surface area contributed by atoms with E-state index in [1.54, 1.807) is 24.4 Å². The van der Waals surface area contributed by atoms with Crippen LogP contribution in [0.25, 0.3) is 0 Å². The minimum Gasteiger partial charge on any atom is -0.461 e. The Kier molecular flexibility index (Phi) is 4.44. The van der Waals surface area contributed by atoms with Gasteiger partial charge in [0.1, 0.15) is 6.61 Å². The summed E-state index contributed by atoms with van der Waals surface area (Å²) in [6.45, 7) is 2.57. The van der Waals surface area contributed by atoms with Crippen LogP contribution in [0.5, 0.6) is 0 Å². The molecule has 86 valence electrons. The van der Waals surface area contributed by atoms with Gasteiger partial charge in [-0.3, -0.25) is 14.6 Å². The molecule has 0 N–H and O–H groups in total. The van der Waals surface area contributed by atoms with Crippen LogP contribution in [0.15, 0.2) is 24.4 Å². The minimum absolute atomic E-state index is 0.0219. The maximum absolute atomic E-state index is 10.9. The van der Waals surface area contributed by atoms with E-state index in [0.717, 1.165) is 0 Å². The SMILES string of the molecule is CC(=O)OCC(OC(C)=O)c1ccccn1. The molecule has 1 atom stereocenters. The molecule has 0 aromatic carbocycles. The van der Waals surface area contributed by atoms with Crippen molar-refractivity contribution >= 4 is 11.9 Å². The predicted octanol–water partition coefficient (Wildman–Crippen LogP) is 1.25. The Hall–Kier alpha value is -1.91. The summed E-state index contributed by atoms with van der Waals surface area (Å²) in [7, 11) is 0. The zero-order valence-corrected chi connectivity index (χ0v) is 9.17. The number of pyridine rings is 1. The maximum Gasteiger partial charge on any atom is 0.303 e. The molecule has 0 fully saturated rings. The number of carbonyl (C=O) groups is 2. The highest BCUT2D eigenvalue weighted by atomic mass is 16.6. The van der Waals surface area contributed by atoms with E-state index in [0.29, 0.717) is 5.69 Å². The predicted molar refractivity (Wildman–Crippen MR) is 55.4 cm³/mol. The van der Waals surface area contributed by atoms with Crippen LogP contribution in [0.3, 0.4) is 0 Å². The molecule has 1 heterocycles. The lowest BCUT2D eigenvalue weighted by atomic mass is 10.2. The van der Waals surface area contributed by atoms with E-state index < -0.39 is 18.0 Å². The van der Waals surface area contributed by atoms with Gasteiger partial charge in [-0.05, 0) is 12.1 Å². The summed E-state index contributed by atoms with van der Waals surface area (Å²) in [5.41, 5.74) is 0.555. The first-order valence-corrected chi connectivity index (χ1v) is 4.81. The number of esters is 2. The van der Waals surface area contributed by atoms with Crippen LogP contribution in [-0.2, 0) is 19.1 Å². The molecule has 0 bridgehead atoms. The van der Waals surface area contributed by atoms with Crippen molar-refractivity contribution in [2.75, 3.05) is 6.61 Å². The van der Waals surface area contributed by atoms with Crippen molar-refractivity contribution < 1.29 is 19.1 Å². The fraction of sp³-hybridized carbons (Fsp3) is 0.364. The number of hydrogen-bond donors (Lipinski definition) is 0. The third kappa shape index (κ3) is 4.08. The summed E-state index contributed by atoms with van der Waals surface area (Å²) in [5, 5.41) is 0. The second-order valence-electron chi connectivity index (χ2n) is 3.16. The molecular weight excluding hydrogens is 210 g/mol. The highest BCUT2D eigenvalue weighted by molar-refractivity contribution is 5.67. The van der Waals surface area contributed by atoms with Crippen LogP contribution in [0.4, 0.5) is 0 Å². The number of rotatable bonds is 4. The molecule has 0 aliphatic rings. The lowest BCUT2D eigenvalue weighted by Crippen LogP contribution is -2.17. The molecule has 1 aromatic rings. The Morgan fingerprint density at radius 1 is 1.31 bits per heavy atom. The number of ether oxygens (including phenoxy) is 2. The molecule has 0 amide bonds. The monoisotopic (exact) mass is 223 g/mol. The molecule has 0 spiro atoms. The average Bonchev–Trinajstić information content (AvgIpc) is 2.25. The van der Waals surface area contributed by atoms with Crippen LogP contribution in [0.2, 0.25) is 0 Å². The average molecular weight is 223 g/mol. The fourth-order valence-electron chi connectivity index (χ4n) is 1.14. The minimum atomic E-state index is -0.650. The van der Waals surface area contributed by atoms with Crippen molar-refractivity contribution in [3.63, 3.8) is 0 Å². The van der Waals surface area contributed by atoms with Gasteiger partial charge in [-0.15, -0.1) is 0 Å². The summed E-state index contributed by atoms with van der Waals surface area (Å²) in [6.07, 6.45) is 0.933. The second-order valence-corrected chi connectivity index (χ2v) is 3.16. The summed E-state index contributed by atoms with van der Waals surface area (Å²) in [5.74, 6) is -0.865. The fourth-order valence-corrected chi connectivity index (χ4v) is 1.14. The van der Waals surface area contributed by atoms with Crippen molar-refractivity contribution in [1.82, 2.24) is 4.98 Å². The molecule has 0 saturated carbocycles. The first-order valence-electron chi connectivity index (χ1n) is 4.81. The Balaban J connectivity index is 2.71. The smallest absolute Gasteiger partial charge is 0.303 e. The van der Waals surface area contributed by atoms with E-state index in [4.69, 9.17) is 9.47 Å². The number of carbonyl (C=O) groups excluding carboxylic acids is 2. The summed E-state index contributed by atoms with van der Waals surface area (Å²) in [6, 6.07) is 5.23. The molecule has 5 heteroatoms. The molecule has 0 saturated heterocycles. The van der Waals surface area contributed by atoms with Gasteiger partial charge in [-0.25, -0.2) is 0 Å². The lowest BCUT2D eigenvalue weighted by molar-refractivity contribution is -0.157. The molecule has 16 heavy (non-hydrogen) atoms. The van der Waals surface area contributed by atoms with Crippen LogP contribution >= 0.6 is 0 Å². The van der Waals surface area contributed by atoms with Gasteiger partial charge in [0.25, 0.3) is 0 Å². The zero-order valence-electron chi connectivity index (χ0n) is 9.17. The molecule has 0 aliphatic carbocycles. The first kappa shape index (κ1) is 12.2. The standard InChI is InChI=1S/C11H13NO4/c1-8(13)15-7-11(16-9(2)14)10-5-3-4-6-12-10/h3-6,11H,7H2,1-2H3. The molecule has 5 nitrogen and oxygen atoms in total. The molecule has 1 rings (SSSR count). The summed E-state index contributed by atoms with van der Waals surface area (Å²) < 4.78 is 9.81. The zero-order chi connectivity index (χ0) is 12.0. The van der Waals surface area contributed by atoms with Crippen LogP contribution < -0.4 is 0 Å². The van der Waals surface area contributed by atoms with Crippen molar-refractivity contribution in [2.45, 2.75) is 20.0 Å². The molecule has 0 radical (unpaired) electrons. The first-order chi connectivity index (χ1) is 7.59. The van der Waals surface area contributed by atoms with Gasteiger partial charge >= 0.3 is 11.9 Å². The molecule has 1 unspecified atom stereocenters. The third-order valence-electron chi connectivity index (χ3n) is 1.76. The number of aromatic nitrogens is 1. The van der Waals surface area contributed by atoms with Crippen LogP contribution in [0.1, 0.15) is 25.6 Å².